The Hall–Kier alpha value is -0.540. The van der Waals surface area contributed by atoms with Crippen molar-refractivity contribution in [3.63, 3.8) is 0 Å². The Labute approximate surface area is 93.4 Å². The Morgan fingerprint density at radius 1 is 1.21 bits per heavy atom. The summed E-state index contributed by atoms with van der Waals surface area (Å²) in [6.45, 7) is 4.53. The molecule has 1 rings (SSSR count). The van der Waals surface area contributed by atoms with Gasteiger partial charge in [-0.25, -0.2) is 0 Å². The molecule has 0 unspecified atom stereocenters. The van der Waals surface area contributed by atoms with Gasteiger partial charge in [0.05, 0.1) is 5.60 Å². The average Bonchev–Trinajstić information content (AvgIpc) is 2.17. The van der Waals surface area contributed by atoms with E-state index in [1.54, 1.807) is 7.11 Å². The van der Waals surface area contributed by atoms with E-state index < -0.39 is 0 Å². The first-order valence-corrected chi connectivity index (χ1v) is 5.26. The molecule has 0 aliphatic heterocycles. The van der Waals surface area contributed by atoms with Crippen LogP contribution in [0.25, 0.3) is 0 Å². The van der Waals surface area contributed by atoms with Crippen molar-refractivity contribution in [1.82, 2.24) is 0 Å². The van der Waals surface area contributed by atoms with Crippen molar-refractivity contribution in [1.29, 1.82) is 0 Å². The minimum Gasteiger partial charge on any atom is -0.491 e. The number of halogens is 1. The van der Waals surface area contributed by atoms with Crippen molar-refractivity contribution in [2.24, 2.45) is 0 Å². The lowest BCUT2D eigenvalue weighted by atomic mass is 10.1. The summed E-state index contributed by atoms with van der Waals surface area (Å²) < 4.78 is 11.9. The number of hydrogen-bond donors (Lipinski definition) is 0. The zero-order valence-electron chi connectivity index (χ0n) is 8.71. The van der Waals surface area contributed by atoms with Crippen LogP contribution in [0.4, 0.5) is 0 Å². The smallest absolute Gasteiger partial charge is 0.119 e. The highest BCUT2D eigenvalue weighted by Gasteiger charge is 2.16. The molecule has 0 bridgehead atoms. The van der Waals surface area contributed by atoms with E-state index in [-0.39, 0.29) is 5.60 Å². The summed E-state index contributed by atoms with van der Waals surface area (Å²) in [5.41, 5.74) is -0.243. The number of methoxy groups -OCH3 is 1. The molecule has 0 heterocycles. The van der Waals surface area contributed by atoms with Gasteiger partial charge in [-0.2, -0.15) is 0 Å². The fraction of sp³-hybridized carbons (Fsp3) is 0.455. The Bertz CT molecular complexity index is 280. The van der Waals surface area contributed by atoms with Crippen molar-refractivity contribution in [2.75, 3.05) is 13.7 Å². The molecule has 0 saturated heterocycles. The molecule has 0 fully saturated rings. The number of hydrogen-bond acceptors (Lipinski definition) is 2. The molecule has 0 aliphatic carbocycles. The normalized spacial score (nSPS) is 11.4. The van der Waals surface area contributed by atoms with Crippen LogP contribution in [-0.4, -0.2) is 19.3 Å². The summed E-state index contributed by atoms with van der Waals surface area (Å²) >= 11 is 3.37. The van der Waals surface area contributed by atoms with Crippen LogP contribution < -0.4 is 4.74 Å². The molecule has 14 heavy (non-hydrogen) atoms. The third kappa shape index (κ3) is 3.68. The van der Waals surface area contributed by atoms with Gasteiger partial charge in [0.2, 0.25) is 0 Å². The van der Waals surface area contributed by atoms with Crippen LogP contribution in [0.5, 0.6) is 5.75 Å². The molecular formula is C11H15BrO2. The molecule has 78 valence electrons. The molecule has 3 heteroatoms. The third-order valence-corrected chi connectivity index (χ3v) is 2.48. The number of rotatable bonds is 4. The molecule has 1 aromatic carbocycles. The van der Waals surface area contributed by atoms with Crippen molar-refractivity contribution in [3.8, 4) is 5.75 Å². The van der Waals surface area contributed by atoms with E-state index >= 15 is 0 Å². The summed E-state index contributed by atoms with van der Waals surface area (Å²) in [4.78, 5) is 0. The van der Waals surface area contributed by atoms with E-state index in [9.17, 15) is 0 Å². The van der Waals surface area contributed by atoms with Gasteiger partial charge >= 0.3 is 0 Å². The zero-order valence-corrected chi connectivity index (χ0v) is 10.3. The molecule has 0 spiro atoms. The molecule has 0 saturated carbocycles. The lowest BCUT2D eigenvalue weighted by Gasteiger charge is -2.22. The van der Waals surface area contributed by atoms with E-state index in [0.29, 0.717) is 6.61 Å². The van der Waals surface area contributed by atoms with Crippen molar-refractivity contribution >= 4 is 15.9 Å². The van der Waals surface area contributed by atoms with Crippen LogP contribution in [0.3, 0.4) is 0 Å². The summed E-state index contributed by atoms with van der Waals surface area (Å²) in [5.74, 6) is 0.860. The molecule has 0 radical (unpaired) electrons. The van der Waals surface area contributed by atoms with Crippen LogP contribution in [0, 0.1) is 0 Å². The number of benzene rings is 1. The first-order valence-electron chi connectivity index (χ1n) is 4.47. The van der Waals surface area contributed by atoms with E-state index in [2.05, 4.69) is 15.9 Å². The Kier molecular flexibility index (Phi) is 3.96. The van der Waals surface area contributed by atoms with Gasteiger partial charge in [-0.1, -0.05) is 15.9 Å². The SMILES string of the molecule is COC(C)(C)COc1ccc(Br)cc1. The molecule has 0 amide bonds. The second kappa shape index (κ2) is 4.80. The average molecular weight is 259 g/mol. The second-order valence-corrected chi connectivity index (χ2v) is 4.62. The van der Waals surface area contributed by atoms with Crippen molar-refractivity contribution < 1.29 is 9.47 Å². The second-order valence-electron chi connectivity index (χ2n) is 3.71. The van der Waals surface area contributed by atoms with Crippen molar-refractivity contribution in [2.45, 2.75) is 19.4 Å². The highest BCUT2D eigenvalue weighted by atomic mass is 79.9. The lowest BCUT2D eigenvalue weighted by Crippen LogP contribution is -2.30. The van der Waals surface area contributed by atoms with Gasteiger partial charge in [-0.05, 0) is 38.1 Å². The summed E-state index contributed by atoms with van der Waals surface area (Å²) in [6.07, 6.45) is 0. The standard InChI is InChI=1S/C11H15BrO2/c1-11(2,13-3)8-14-10-6-4-9(12)5-7-10/h4-7H,8H2,1-3H3. The molecule has 0 N–H and O–H groups in total. The maximum absolute atomic E-state index is 5.57. The predicted octanol–water partition coefficient (Wildman–Crippen LogP) is 3.25. The molecule has 0 aromatic heterocycles. The molecule has 2 nitrogen and oxygen atoms in total. The minimum absolute atomic E-state index is 0.243. The fourth-order valence-electron chi connectivity index (χ4n) is 0.847. The molecular weight excluding hydrogens is 244 g/mol. The van der Waals surface area contributed by atoms with Gasteiger partial charge in [0.15, 0.2) is 0 Å². The first-order chi connectivity index (χ1) is 6.53. The summed E-state index contributed by atoms with van der Waals surface area (Å²) in [6, 6.07) is 7.76. The highest BCUT2D eigenvalue weighted by Crippen LogP contribution is 2.18. The van der Waals surface area contributed by atoms with Gasteiger partial charge < -0.3 is 9.47 Å². The van der Waals surface area contributed by atoms with Crippen LogP contribution >= 0.6 is 15.9 Å². The quantitative estimate of drug-likeness (QED) is 0.826. The Morgan fingerprint density at radius 2 is 1.79 bits per heavy atom. The zero-order chi connectivity index (χ0) is 10.6. The van der Waals surface area contributed by atoms with Gasteiger partial charge in [0, 0.05) is 11.6 Å². The fourth-order valence-corrected chi connectivity index (χ4v) is 1.11. The summed E-state index contributed by atoms with van der Waals surface area (Å²) in [5, 5.41) is 0. The van der Waals surface area contributed by atoms with Gasteiger partial charge in [-0.15, -0.1) is 0 Å². The topological polar surface area (TPSA) is 18.5 Å². The maximum Gasteiger partial charge on any atom is 0.119 e. The lowest BCUT2D eigenvalue weighted by molar-refractivity contribution is -0.0146. The monoisotopic (exact) mass is 258 g/mol. The van der Waals surface area contributed by atoms with Crippen molar-refractivity contribution in [3.05, 3.63) is 28.7 Å². The van der Waals surface area contributed by atoms with E-state index in [1.807, 2.05) is 38.1 Å². The van der Waals surface area contributed by atoms with Gasteiger partial charge in [-0.3, -0.25) is 0 Å². The Balaban J connectivity index is 2.50. The van der Waals surface area contributed by atoms with Crippen LogP contribution in [0.1, 0.15) is 13.8 Å². The van der Waals surface area contributed by atoms with Gasteiger partial charge in [0.25, 0.3) is 0 Å². The molecule has 0 atom stereocenters. The first kappa shape index (κ1) is 11.5. The third-order valence-electron chi connectivity index (χ3n) is 1.95. The van der Waals surface area contributed by atoms with E-state index in [4.69, 9.17) is 9.47 Å². The predicted molar refractivity (Wildman–Crippen MR) is 60.7 cm³/mol. The summed E-state index contributed by atoms with van der Waals surface area (Å²) in [7, 11) is 1.69. The molecule has 0 aliphatic rings. The van der Waals surface area contributed by atoms with E-state index in [1.165, 1.54) is 0 Å². The van der Waals surface area contributed by atoms with Gasteiger partial charge in [0.1, 0.15) is 12.4 Å². The van der Waals surface area contributed by atoms with Crippen LogP contribution in [-0.2, 0) is 4.74 Å². The number of ether oxygens (including phenoxy) is 2. The van der Waals surface area contributed by atoms with Crippen LogP contribution in [0.2, 0.25) is 0 Å². The Morgan fingerprint density at radius 3 is 2.29 bits per heavy atom. The minimum atomic E-state index is -0.243. The van der Waals surface area contributed by atoms with E-state index in [0.717, 1.165) is 10.2 Å². The largest absolute Gasteiger partial charge is 0.491 e. The van der Waals surface area contributed by atoms with Crippen LogP contribution in [0.15, 0.2) is 28.7 Å². The highest BCUT2D eigenvalue weighted by molar-refractivity contribution is 9.10. The maximum atomic E-state index is 5.57. The molecule has 1 aromatic rings.